The quantitative estimate of drug-likeness (QED) is 0.700. The molecule has 0 radical (unpaired) electrons. The highest BCUT2D eigenvalue weighted by molar-refractivity contribution is 5.79. The fraction of sp³-hybridized carbons (Fsp3) is 0.389. The number of carbonyl (C=O) groups is 1. The Morgan fingerprint density at radius 2 is 2.08 bits per heavy atom. The van der Waals surface area contributed by atoms with Crippen molar-refractivity contribution in [2.75, 3.05) is 0 Å². The molecule has 0 spiro atoms. The van der Waals surface area contributed by atoms with Gasteiger partial charge in [-0.3, -0.25) is 4.79 Å². The molecule has 1 aliphatic rings. The van der Waals surface area contributed by atoms with Crippen LogP contribution in [0.2, 0.25) is 0 Å². The maximum atomic E-state index is 12.1. The molecule has 8 nitrogen and oxygen atoms in total. The fourth-order valence-corrected chi connectivity index (χ4v) is 3.32. The minimum Gasteiger partial charge on any atom is -0.337 e. The van der Waals surface area contributed by atoms with E-state index in [2.05, 4.69) is 20.5 Å². The molecule has 1 aromatic carbocycles. The van der Waals surface area contributed by atoms with Gasteiger partial charge in [-0.25, -0.2) is 4.68 Å². The highest BCUT2D eigenvalue weighted by Gasteiger charge is 2.37. The van der Waals surface area contributed by atoms with Crippen LogP contribution in [0.1, 0.15) is 44.2 Å². The Morgan fingerprint density at radius 1 is 1.27 bits per heavy atom. The van der Waals surface area contributed by atoms with Gasteiger partial charge in [0.2, 0.25) is 17.6 Å². The van der Waals surface area contributed by atoms with Gasteiger partial charge in [-0.15, -0.1) is 5.10 Å². The summed E-state index contributed by atoms with van der Waals surface area (Å²) in [4.78, 5) is 18.3. The summed E-state index contributed by atoms with van der Waals surface area (Å²) in [6, 6.07) is 9.95. The van der Waals surface area contributed by atoms with Gasteiger partial charge in [-0.05, 0) is 25.8 Å². The third-order valence-electron chi connectivity index (χ3n) is 4.49. The van der Waals surface area contributed by atoms with E-state index in [1.807, 2.05) is 49.1 Å². The molecule has 0 saturated carbocycles. The van der Waals surface area contributed by atoms with Crippen molar-refractivity contribution in [3.63, 3.8) is 0 Å². The first-order valence-electron chi connectivity index (χ1n) is 8.71. The van der Waals surface area contributed by atoms with Gasteiger partial charge in [0.1, 0.15) is 6.04 Å². The molecule has 0 N–H and O–H groups in total. The predicted octanol–water partition coefficient (Wildman–Crippen LogP) is 2.45. The second kappa shape index (κ2) is 6.70. The van der Waals surface area contributed by atoms with E-state index in [0.717, 1.165) is 5.56 Å². The van der Waals surface area contributed by atoms with Crippen molar-refractivity contribution in [3.8, 4) is 11.5 Å². The van der Waals surface area contributed by atoms with E-state index in [1.54, 1.807) is 10.9 Å². The molecule has 4 rings (SSSR count). The van der Waals surface area contributed by atoms with Crippen LogP contribution in [0.25, 0.3) is 11.5 Å². The van der Waals surface area contributed by atoms with E-state index in [-0.39, 0.29) is 18.0 Å². The number of nitrogens with zero attached hydrogens (tertiary/aromatic N) is 6. The highest BCUT2D eigenvalue weighted by Crippen LogP contribution is 2.34. The van der Waals surface area contributed by atoms with Crippen molar-refractivity contribution < 1.29 is 9.32 Å². The molecular weight excluding hydrogens is 332 g/mol. The monoisotopic (exact) mass is 352 g/mol. The van der Waals surface area contributed by atoms with Crippen molar-refractivity contribution in [1.29, 1.82) is 0 Å². The van der Waals surface area contributed by atoms with Crippen molar-refractivity contribution in [1.82, 2.24) is 30.0 Å². The largest absolute Gasteiger partial charge is 0.337 e. The van der Waals surface area contributed by atoms with Crippen LogP contribution in [0.15, 0.2) is 41.1 Å². The topological polar surface area (TPSA) is 89.9 Å². The van der Waals surface area contributed by atoms with Gasteiger partial charge in [-0.2, -0.15) is 4.98 Å². The van der Waals surface area contributed by atoms with Gasteiger partial charge in [0.05, 0.1) is 12.7 Å². The summed E-state index contributed by atoms with van der Waals surface area (Å²) in [5, 5.41) is 12.3. The van der Waals surface area contributed by atoms with Crippen LogP contribution in [-0.4, -0.2) is 42.0 Å². The van der Waals surface area contributed by atoms with Crippen molar-refractivity contribution in [3.05, 3.63) is 48.0 Å². The molecule has 0 unspecified atom stereocenters. The molecule has 1 amide bonds. The van der Waals surface area contributed by atoms with Crippen LogP contribution >= 0.6 is 0 Å². The van der Waals surface area contributed by atoms with Crippen molar-refractivity contribution in [2.24, 2.45) is 0 Å². The molecule has 0 aliphatic carbocycles. The lowest BCUT2D eigenvalue weighted by Gasteiger charge is -2.25. The van der Waals surface area contributed by atoms with Crippen LogP contribution in [0.5, 0.6) is 0 Å². The number of carbonyl (C=O) groups excluding carboxylic acids is 1. The molecule has 1 aliphatic heterocycles. The lowest BCUT2D eigenvalue weighted by atomic mass is 10.2. The number of hydrogen-bond acceptors (Lipinski definition) is 6. The maximum absolute atomic E-state index is 12.1. The summed E-state index contributed by atoms with van der Waals surface area (Å²) in [5.74, 6) is 0.970. The average Bonchev–Trinajstić information content (AvgIpc) is 3.34. The number of amides is 1. The molecule has 2 aromatic heterocycles. The summed E-state index contributed by atoms with van der Waals surface area (Å²) in [5.41, 5.74) is 1.69. The Balaban J connectivity index is 1.53. The molecule has 1 fully saturated rings. The lowest BCUT2D eigenvalue weighted by Crippen LogP contribution is -2.34. The normalized spacial score (nSPS) is 17.4. The smallest absolute Gasteiger partial charge is 0.249 e. The van der Waals surface area contributed by atoms with E-state index in [4.69, 9.17) is 4.52 Å². The molecule has 3 aromatic rings. The first kappa shape index (κ1) is 16.4. The minimum atomic E-state index is -0.164. The van der Waals surface area contributed by atoms with Crippen LogP contribution < -0.4 is 0 Å². The zero-order valence-electron chi connectivity index (χ0n) is 14.7. The summed E-state index contributed by atoms with van der Waals surface area (Å²) >= 11 is 0. The van der Waals surface area contributed by atoms with Crippen LogP contribution in [0.4, 0.5) is 0 Å². The molecule has 1 saturated heterocycles. The van der Waals surface area contributed by atoms with E-state index in [1.165, 1.54) is 0 Å². The Kier molecular flexibility index (Phi) is 4.24. The van der Waals surface area contributed by atoms with Gasteiger partial charge >= 0.3 is 0 Å². The summed E-state index contributed by atoms with van der Waals surface area (Å²) in [6.45, 7) is 4.60. The molecule has 26 heavy (non-hydrogen) atoms. The average molecular weight is 352 g/mol. The third kappa shape index (κ3) is 3.10. The zero-order valence-corrected chi connectivity index (χ0v) is 14.7. The number of benzene rings is 1. The predicted molar refractivity (Wildman–Crippen MR) is 92.8 cm³/mol. The molecule has 1 atom stereocenters. The van der Waals surface area contributed by atoms with Crippen LogP contribution in [0.3, 0.4) is 0 Å². The summed E-state index contributed by atoms with van der Waals surface area (Å²) < 4.78 is 7.16. The van der Waals surface area contributed by atoms with E-state index < -0.39 is 0 Å². The van der Waals surface area contributed by atoms with Gasteiger partial charge in [0.15, 0.2) is 5.69 Å². The number of hydrogen-bond donors (Lipinski definition) is 0. The zero-order chi connectivity index (χ0) is 18.1. The van der Waals surface area contributed by atoms with Gasteiger partial charge in [0.25, 0.3) is 0 Å². The first-order valence-corrected chi connectivity index (χ1v) is 8.71. The van der Waals surface area contributed by atoms with Crippen LogP contribution in [-0.2, 0) is 11.3 Å². The van der Waals surface area contributed by atoms with Crippen molar-refractivity contribution in [2.45, 2.75) is 45.3 Å². The van der Waals surface area contributed by atoms with Gasteiger partial charge in [0, 0.05) is 12.5 Å². The summed E-state index contributed by atoms with van der Waals surface area (Å²) in [7, 11) is 0. The van der Waals surface area contributed by atoms with E-state index in [9.17, 15) is 4.79 Å². The molecule has 0 bridgehead atoms. The molecule has 8 heteroatoms. The second-order valence-electron chi connectivity index (χ2n) is 6.69. The SMILES string of the molecule is CC(C)N1C(=O)CC[C@H]1c1nc(-c2cn(Cc3ccccc3)nn2)no1. The minimum absolute atomic E-state index is 0.0945. The Bertz CT molecular complexity index is 901. The lowest BCUT2D eigenvalue weighted by molar-refractivity contribution is -0.131. The van der Waals surface area contributed by atoms with Gasteiger partial charge < -0.3 is 9.42 Å². The standard InChI is InChI=1S/C18H20N6O2/c1-12(2)24-15(8-9-16(24)25)18-19-17(21-26-18)14-11-23(22-20-14)10-13-6-4-3-5-7-13/h3-7,11-12,15H,8-10H2,1-2H3/t15-/m0/s1. The summed E-state index contributed by atoms with van der Waals surface area (Å²) in [6.07, 6.45) is 2.99. The fourth-order valence-electron chi connectivity index (χ4n) is 3.32. The highest BCUT2D eigenvalue weighted by atomic mass is 16.5. The molecule has 134 valence electrons. The Morgan fingerprint density at radius 3 is 2.85 bits per heavy atom. The van der Waals surface area contributed by atoms with E-state index in [0.29, 0.717) is 36.8 Å². The maximum Gasteiger partial charge on any atom is 0.249 e. The molecular formula is C18H20N6O2. The first-order chi connectivity index (χ1) is 12.6. The number of likely N-dealkylation sites (tertiary alicyclic amines) is 1. The Labute approximate surface area is 150 Å². The van der Waals surface area contributed by atoms with Crippen molar-refractivity contribution >= 4 is 5.91 Å². The number of aromatic nitrogens is 5. The molecule has 3 heterocycles. The van der Waals surface area contributed by atoms with Gasteiger partial charge in [-0.1, -0.05) is 40.7 Å². The second-order valence-corrected chi connectivity index (χ2v) is 6.69. The number of rotatable bonds is 5. The van der Waals surface area contributed by atoms with E-state index >= 15 is 0 Å². The van der Waals surface area contributed by atoms with Crippen LogP contribution in [0, 0.1) is 0 Å². The Hall–Kier alpha value is -3.03. The third-order valence-corrected chi connectivity index (χ3v) is 4.49.